The van der Waals surface area contributed by atoms with E-state index in [1.807, 2.05) is 0 Å². The fourth-order valence-electron chi connectivity index (χ4n) is 0.361. The van der Waals surface area contributed by atoms with Crippen molar-refractivity contribution in [1.82, 2.24) is 0 Å². The van der Waals surface area contributed by atoms with Gasteiger partial charge in [0.05, 0.1) is 5.25 Å². The maximum Gasteiger partial charge on any atom is 0.328 e. The Hall–Kier alpha value is -0.840. The summed E-state index contributed by atoms with van der Waals surface area (Å²) in [5.41, 5.74) is 0. The molecule has 0 saturated carbocycles. The largest absolute Gasteiger partial charge is 0.478 e. The molecule has 1 N–H and O–H groups in total. The summed E-state index contributed by atoms with van der Waals surface area (Å²) in [7, 11) is -3.15. The number of rotatable bonds is 3. The number of sulfone groups is 1. The molecule has 0 heterocycles. The lowest BCUT2D eigenvalue weighted by Gasteiger charge is -2.00. The molecule has 0 aromatic carbocycles. The first-order valence-corrected chi connectivity index (χ1v) is 4.89. The Balaban J connectivity index is 4.32. The van der Waals surface area contributed by atoms with E-state index in [9.17, 15) is 13.2 Å². The first-order valence-electron chi connectivity index (χ1n) is 2.94. The molecule has 0 bridgehead atoms. The van der Waals surface area contributed by atoms with Crippen LogP contribution in [-0.4, -0.2) is 31.0 Å². The van der Waals surface area contributed by atoms with Gasteiger partial charge in [-0.2, -0.15) is 0 Å². The SMILES string of the molecule is CC(/C=C/C(=O)O)S(C)(=O)=O. The predicted molar refractivity (Wildman–Crippen MR) is 41.1 cm³/mol. The van der Waals surface area contributed by atoms with E-state index in [4.69, 9.17) is 5.11 Å². The van der Waals surface area contributed by atoms with Crippen LogP contribution in [0, 0.1) is 0 Å². The van der Waals surface area contributed by atoms with Crippen molar-refractivity contribution in [1.29, 1.82) is 0 Å². The summed E-state index contributed by atoms with van der Waals surface area (Å²) in [6.07, 6.45) is 3.02. The number of carbonyl (C=O) groups is 1. The highest BCUT2D eigenvalue weighted by atomic mass is 32.2. The van der Waals surface area contributed by atoms with Gasteiger partial charge in [0.1, 0.15) is 0 Å². The van der Waals surface area contributed by atoms with Gasteiger partial charge in [-0.25, -0.2) is 13.2 Å². The molecular weight excluding hydrogens is 168 g/mol. The van der Waals surface area contributed by atoms with Crippen molar-refractivity contribution in [2.24, 2.45) is 0 Å². The molecule has 0 amide bonds. The van der Waals surface area contributed by atoms with Gasteiger partial charge < -0.3 is 5.11 Å². The van der Waals surface area contributed by atoms with E-state index in [1.54, 1.807) is 0 Å². The summed E-state index contributed by atoms with van der Waals surface area (Å²) >= 11 is 0. The molecule has 0 aliphatic heterocycles. The predicted octanol–water partition coefficient (Wildman–Crippen LogP) is 0.0603. The van der Waals surface area contributed by atoms with E-state index in [1.165, 1.54) is 6.92 Å². The second-order valence-electron chi connectivity index (χ2n) is 2.23. The van der Waals surface area contributed by atoms with Crippen LogP contribution in [0.4, 0.5) is 0 Å². The lowest BCUT2D eigenvalue weighted by atomic mass is 10.4. The Morgan fingerprint density at radius 1 is 1.55 bits per heavy atom. The van der Waals surface area contributed by atoms with Crippen molar-refractivity contribution in [3.63, 3.8) is 0 Å². The Morgan fingerprint density at radius 2 is 2.00 bits per heavy atom. The lowest BCUT2D eigenvalue weighted by Crippen LogP contribution is -2.13. The van der Waals surface area contributed by atoms with Crippen molar-refractivity contribution in [3.05, 3.63) is 12.2 Å². The fraction of sp³-hybridized carbons (Fsp3) is 0.500. The molecule has 4 nitrogen and oxygen atoms in total. The molecule has 0 aliphatic rings. The number of hydrogen-bond acceptors (Lipinski definition) is 3. The molecule has 5 heteroatoms. The highest BCUT2D eigenvalue weighted by Crippen LogP contribution is 1.98. The van der Waals surface area contributed by atoms with Gasteiger partial charge >= 0.3 is 5.97 Å². The molecule has 1 unspecified atom stereocenters. The van der Waals surface area contributed by atoms with Gasteiger partial charge in [0.2, 0.25) is 0 Å². The van der Waals surface area contributed by atoms with Crippen molar-refractivity contribution < 1.29 is 18.3 Å². The topological polar surface area (TPSA) is 71.4 Å². The summed E-state index contributed by atoms with van der Waals surface area (Å²) in [5.74, 6) is -1.14. The van der Waals surface area contributed by atoms with Crippen LogP contribution in [0.25, 0.3) is 0 Å². The maximum atomic E-state index is 10.7. The molecule has 0 aromatic rings. The number of carboxylic acids is 1. The van der Waals surface area contributed by atoms with Crippen molar-refractivity contribution >= 4 is 15.8 Å². The minimum Gasteiger partial charge on any atom is -0.478 e. The van der Waals surface area contributed by atoms with Crippen LogP contribution in [0.3, 0.4) is 0 Å². The summed E-state index contributed by atoms with van der Waals surface area (Å²) in [4.78, 5) is 9.95. The zero-order valence-electron chi connectivity index (χ0n) is 6.31. The minimum absolute atomic E-state index is 0.737. The smallest absolute Gasteiger partial charge is 0.328 e. The van der Waals surface area contributed by atoms with Gasteiger partial charge in [-0.1, -0.05) is 6.08 Å². The molecule has 64 valence electrons. The van der Waals surface area contributed by atoms with Gasteiger partial charge in [0.15, 0.2) is 9.84 Å². The average molecular weight is 178 g/mol. The molecule has 0 radical (unpaired) electrons. The van der Waals surface area contributed by atoms with E-state index in [0.29, 0.717) is 0 Å². The zero-order valence-corrected chi connectivity index (χ0v) is 7.13. The monoisotopic (exact) mass is 178 g/mol. The Bertz CT molecular complexity index is 262. The standard InChI is InChI=1S/C6H10O4S/c1-5(11(2,9)10)3-4-6(7)8/h3-5H,1-2H3,(H,7,8)/b4-3+. The van der Waals surface area contributed by atoms with Crippen molar-refractivity contribution in [2.45, 2.75) is 12.2 Å². The highest BCUT2D eigenvalue weighted by molar-refractivity contribution is 7.91. The zero-order chi connectivity index (χ0) is 9.07. The first kappa shape index (κ1) is 10.2. The fourth-order valence-corrected chi connectivity index (χ4v) is 0.725. The van der Waals surface area contributed by atoms with Gasteiger partial charge in [0, 0.05) is 12.3 Å². The van der Waals surface area contributed by atoms with Crippen molar-refractivity contribution in [2.75, 3.05) is 6.26 Å². The summed E-state index contributed by atoms with van der Waals surface area (Å²) in [5, 5.41) is 7.41. The molecule has 0 fully saturated rings. The third kappa shape index (κ3) is 4.55. The molecule has 0 spiro atoms. The molecule has 11 heavy (non-hydrogen) atoms. The second-order valence-corrected chi connectivity index (χ2v) is 4.63. The molecule has 0 aliphatic carbocycles. The number of carboxylic acid groups (broad SMARTS) is 1. The number of aliphatic carboxylic acids is 1. The normalized spacial score (nSPS) is 15.1. The van der Waals surface area contributed by atoms with E-state index in [2.05, 4.69) is 0 Å². The second kappa shape index (κ2) is 3.52. The maximum absolute atomic E-state index is 10.7. The van der Waals surface area contributed by atoms with Crippen LogP contribution < -0.4 is 0 Å². The van der Waals surface area contributed by atoms with E-state index < -0.39 is 21.1 Å². The Labute approximate surface area is 65.5 Å². The van der Waals surface area contributed by atoms with Crippen LogP contribution in [0.2, 0.25) is 0 Å². The summed E-state index contributed by atoms with van der Waals surface area (Å²) in [6, 6.07) is 0. The lowest BCUT2D eigenvalue weighted by molar-refractivity contribution is -0.131. The van der Waals surface area contributed by atoms with Crippen molar-refractivity contribution in [3.8, 4) is 0 Å². The quantitative estimate of drug-likeness (QED) is 0.620. The van der Waals surface area contributed by atoms with Crippen LogP contribution in [0.5, 0.6) is 0 Å². The average Bonchev–Trinajstić information content (AvgIpc) is 1.80. The third-order valence-corrected chi connectivity index (χ3v) is 2.69. The first-order chi connectivity index (χ1) is 4.84. The van der Waals surface area contributed by atoms with Gasteiger partial charge in [-0.15, -0.1) is 0 Å². The third-order valence-electron chi connectivity index (χ3n) is 1.19. The van der Waals surface area contributed by atoms with Crippen LogP contribution in [-0.2, 0) is 14.6 Å². The molecule has 0 rings (SSSR count). The summed E-state index contributed by atoms with van der Waals surface area (Å²) in [6.45, 7) is 1.43. The van der Waals surface area contributed by atoms with Gasteiger partial charge in [0.25, 0.3) is 0 Å². The Kier molecular flexibility index (Phi) is 3.25. The van der Waals surface area contributed by atoms with Crippen LogP contribution in [0.1, 0.15) is 6.92 Å². The Morgan fingerprint density at radius 3 is 2.27 bits per heavy atom. The number of hydrogen-bond donors (Lipinski definition) is 1. The van der Waals surface area contributed by atoms with E-state index >= 15 is 0 Å². The van der Waals surface area contributed by atoms with E-state index in [-0.39, 0.29) is 0 Å². The van der Waals surface area contributed by atoms with Crippen LogP contribution in [0.15, 0.2) is 12.2 Å². The van der Waals surface area contributed by atoms with Crippen LogP contribution >= 0.6 is 0 Å². The molecule has 0 saturated heterocycles. The van der Waals surface area contributed by atoms with Gasteiger partial charge in [-0.05, 0) is 6.92 Å². The van der Waals surface area contributed by atoms with E-state index in [0.717, 1.165) is 18.4 Å². The molecule has 1 atom stereocenters. The summed E-state index contributed by atoms with van der Waals surface area (Å²) < 4.78 is 21.4. The molecular formula is C6H10O4S. The molecule has 0 aromatic heterocycles. The van der Waals surface area contributed by atoms with Gasteiger partial charge in [-0.3, -0.25) is 0 Å². The minimum atomic E-state index is -3.15. The highest BCUT2D eigenvalue weighted by Gasteiger charge is 2.10.